The van der Waals surface area contributed by atoms with Crippen LogP contribution in [0.4, 0.5) is 0 Å². The largest absolute Gasteiger partial charge is 0.0974 e. The van der Waals surface area contributed by atoms with Gasteiger partial charge in [-0.1, -0.05) is 54.1 Å². The summed E-state index contributed by atoms with van der Waals surface area (Å²) < 4.78 is 0. The Hall–Kier alpha value is -1.56. The topological polar surface area (TPSA) is 0 Å². The van der Waals surface area contributed by atoms with Crippen molar-refractivity contribution < 1.29 is 0 Å². The molecule has 0 atom stereocenters. The summed E-state index contributed by atoms with van der Waals surface area (Å²) in [5.74, 6) is 3.02. The van der Waals surface area contributed by atoms with Gasteiger partial charge < -0.3 is 0 Å². The van der Waals surface area contributed by atoms with Crippen molar-refractivity contribution in [3.05, 3.63) is 72.1 Å². The van der Waals surface area contributed by atoms with Crippen molar-refractivity contribution in [3.63, 3.8) is 0 Å². The number of hydrogen-bond acceptors (Lipinski definition) is 2. The molecule has 0 N–H and O–H groups in total. The lowest BCUT2D eigenvalue weighted by Crippen LogP contribution is -1.64. The predicted molar refractivity (Wildman–Crippen MR) is 81.5 cm³/mol. The number of hydrogen-bond donors (Lipinski definition) is 0. The van der Waals surface area contributed by atoms with Crippen molar-refractivity contribution in [2.75, 3.05) is 0 Å². The number of thioether (sulfide) groups is 2. The van der Waals surface area contributed by atoms with E-state index >= 15 is 0 Å². The normalized spacial score (nSPS) is 10.0. The van der Waals surface area contributed by atoms with Gasteiger partial charge in [0.25, 0.3) is 0 Å². The van der Waals surface area contributed by atoms with Gasteiger partial charge in [-0.05, 0) is 52.8 Å². The summed E-state index contributed by atoms with van der Waals surface area (Å²) >= 11 is 3.22. The van der Waals surface area contributed by atoms with E-state index in [2.05, 4.69) is 35.4 Å². The Bertz CT molecular complexity index is 548. The van der Waals surface area contributed by atoms with E-state index in [0.717, 1.165) is 0 Å². The van der Waals surface area contributed by atoms with Gasteiger partial charge in [-0.3, -0.25) is 0 Å². The van der Waals surface area contributed by atoms with Gasteiger partial charge >= 0.3 is 0 Å². The average molecular weight is 268 g/mol. The molecule has 88 valence electrons. The maximum atomic E-state index is 3.05. The second-order valence-electron chi connectivity index (χ2n) is 3.40. The molecular formula is C16H12S2. The van der Waals surface area contributed by atoms with E-state index in [1.807, 2.05) is 47.9 Å². The molecule has 0 aromatic heterocycles. The third-order valence-corrected chi connectivity index (χ3v) is 3.61. The van der Waals surface area contributed by atoms with Gasteiger partial charge in [0.15, 0.2) is 0 Å². The number of benzene rings is 2. The van der Waals surface area contributed by atoms with Crippen molar-refractivity contribution in [3.8, 4) is 11.2 Å². The minimum Gasteiger partial charge on any atom is -0.0974 e. The second kappa shape index (κ2) is 7.71. The van der Waals surface area contributed by atoms with E-state index in [-0.39, 0.29) is 0 Å². The van der Waals surface area contributed by atoms with Gasteiger partial charge in [0.05, 0.1) is 0 Å². The molecule has 2 heteroatoms. The fraction of sp³-hybridized carbons (Fsp3) is 0. The van der Waals surface area contributed by atoms with Crippen molar-refractivity contribution in [1.82, 2.24) is 0 Å². The summed E-state index contributed by atoms with van der Waals surface area (Å²) in [6.45, 7) is 0. The minimum atomic E-state index is 1.18. The van der Waals surface area contributed by atoms with Crippen molar-refractivity contribution in [2.45, 2.75) is 9.79 Å². The lowest BCUT2D eigenvalue weighted by molar-refractivity contribution is 1.47. The zero-order valence-electron chi connectivity index (χ0n) is 9.74. The van der Waals surface area contributed by atoms with Gasteiger partial charge in [0, 0.05) is 9.79 Å². The summed E-state index contributed by atoms with van der Waals surface area (Å²) in [7, 11) is 0. The zero-order chi connectivity index (χ0) is 12.5. The second-order valence-corrected chi connectivity index (χ2v) is 5.25. The van der Waals surface area contributed by atoms with Gasteiger partial charge in [-0.15, -0.1) is 0 Å². The maximum Gasteiger partial charge on any atom is 0.0203 e. The van der Waals surface area contributed by atoms with E-state index in [9.17, 15) is 0 Å². The standard InChI is InChI=1S/C16H12S2/c1-3-9-15(10-4-1)17-13-7-8-14-18-16-11-5-2-6-12-16/h1-7,9-13H/b13-7+. The monoisotopic (exact) mass is 268 g/mol. The smallest absolute Gasteiger partial charge is 0.0203 e. The highest BCUT2D eigenvalue weighted by Gasteiger charge is 1.86. The Morgan fingerprint density at radius 3 is 2.06 bits per heavy atom. The van der Waals surface area contributed by atoms with Crippen LogP contribution in [0.3, 0.4) is 0 Å². The Labute approximate surface area is 117 Å². The van der Waals surface area contributed by atoms with Crippen molar-refractivity contribution in [1.29, 1.82) is 0 Å². The van der Waals surface area contributed by atoms with E-state index in [1.54, 1.807) is 23.5 Å². The highest BCUT2D eigenvalue weighted by Crippen LogP contribution is 2.18. The average Bonchev–Trinajstić information content (AvgIpc) is 2.45. The molecule has 0 fully saturated rings. The first-order valence-corrected chi connectivity index (χ1v) is 7.24. The van der Waals surface area contributed by atoms with E-state index in [4.69, 9.17) is 0 Å². The van der Waals surface area contributed by atoms with Gasteiger partial charge in [-0.25, -0.2) is 0 Å². The van der Waals surface area contributed by atoms with Crippen LogP contribution in [0.2, 0.25) is 0 Å². The van der Waals surface area contributed by atoms with Crippen LogP contribution >= 0.6 is 23.5 Å². The summed E-state index contributed by atoms with van der Waals surface area (Å²) in [6, 6.07) is 20.4. The molecule has 0 bridgehead atoms. The molecule has 2 rings (SSSR count). The number of rotatable bonds is 3. The Kier molecular flexibility index (Phi) is 5.52. The van der Waals surface area contributed by atoms with E-state index < -0.39 is 0 Å². The SMILES string of the molecule is C(#CSc1ccccc1)/C=C/Sc1ccccc1. The molecule has 18 heavy (non-hydrogen) atoms. The quantitative estimate of drug-likeness (QED) is 0.564. The molecule has 0 heterocycles. The highest BCUT2D eigenvalue weighted by molar-refractivity contribution is 8.04. The fourth-order valence-electron chi connectivity index (χ4n) is 1.26. The molecule has 0 aliphatic carbocycles. The first-order valence-electron chi connectivity index (χ1n) is 5.54. The van der Waals surface area contributed by atoms with Crippen LogP contribution in [0.1, 0.15) is 0 Å². The summed E-state index contributed by atoms with van der Waals surface area (Å²) in [5, 5.41) is 5.06. The molecule has 0 spiro atoms. The summed E-state index contributed by atoms with van der Waals surface area (Å²) in [5.41, 5.74) is 0. The van der Waals surface area contributed by atoms with Gasteiger partial charge in [0.2, 0.25) is 0 Å². The molecule has 0 aliphatic heterocycles. The fourth-order valence-corrected chi connectivity index (χ4v) is 2.40. The first-order chi connectivity index (χ1) is 8.95. The highest BCUT2D eigenvalue weighted by atomic mass is 32.2. The Morgan fingerprint density at radius 1 is 0.778 bits per heavy atom. The molecule has 0 aliphatic rings. The van der Waals surface area contributed by atoms with Crippen LogP contribution < -0.4 is 0 Å². The van der Waals surface area contributed by atoms with E-state index in [0.29, 0.717) is 0 Å². The van der Waals surface area contributed by atoms with Crippen molar-refractivity contribution in [2.24, 2.45) is 0 Å². The molecule has 2 aromatic rings. The lowest BCUT2D eigenvalue weighted by Gasteiger charge is -1.91. The minimum absolute atomic E-state index is 1.18. The third-order valence-electron chi connectivity index (χ3n) is 2.07. The van der Waals surface area contributed by atoms with Crippen molar-refractivity contribution >= 4 is 23.5 Å². The summed E-state index contributed by atoms with van der Waals surface area (Å²) in [4.78, 5) is 2.40. The predicted octanol–water partition coefficient (Wildman–Crippen LogP) is 5.05. The Balaban J connectivity index is 1.78. The van der Waals surface area contributed by atoms with Gasteiger partial charge in [0.1, 0.15) is 0 Å². The molecule has 0 radical (unpaired) electrons. The Morgan fingerprint density at radius 2 is 1.39 bits per heavy atom. The molecule has 0 amide bonds. The molecule has 0 unspecified atom stereocenters. The van der Waals surface area contributed by atoms with Crippen LogP contribution in [0.15, 0.2) is 81.9 Å². The summed E-state index contributed by atoms with van der Waals surface area (Å²) in [6.07, 6.45) is 1.88. The van der Waals surface area contributed by atoms with E-state index in [1.165, 1.54) is 9.79 Å². The molecule has 0 saturated heterocycles. The van der Waals surface area contributed by atoms with Crippen LogP contribution in [-0.2, 0) is 0 Å². The third kappa shape index (κ3) is 4.75. The molecule has 0 nitrogen and oxygen atoms in total. The van der Waals surface area contributed by atoms with Crippen LogP contribution in [0, 0.1) is 11.2 Å². The molecular weight excluding hydrogens is 256 g/mol. The van der Waals surface area contributed by atoms with Crippen LogP contribution in [-0.4, -0.2) is 0 Å². The molecule has 0 saturated carbocycles. The van der Waals surface area contributed by atoms with Crippen LogP contribution in [0.25, 0.3) is 0 Å². The molecule has 2 aromatic carbocycles. The first kappa shape index (κ1) is 12.9. The zero-order valence-corrected chi connectivity index (χ0v) is 11.4. The maximum absolute atomic E-state index is 3.05. The number of allylic oxidation sites excluding steroid dienone is 1. The van der Waals surface area contributed by atoms with Crippen LogP contribution in [0.5, 0.6) is 0 Å². The van der Waals surface area contributed by atoms with Gasteiger partial charge in [-0.2, -0.15) is 0 Å². The lowest BCUT2D eigenvalue weighted by atomic mass is 10.4.